The molecule has 1 aliphatic rings. The van der Waals surface area contributed by atoms with Gasteiger partial charge in [-0.2, -0.15) is 0 Å². The summed E-state index contributed by atoms with van der Waals surface area (Å²) in [5, 5.41) is 0. The van der Waals surface area contributed by atoms with E-state index >= 15 is 0 Å². The molecule has 0 bridgehead atoms. The number of halogens is 1. The lowest BCUT2D eigenvalue weighted by molar-refractivity contribution is 0.300. The van der Waals surface area contributed by atoms with Crippen LogP contribution in [0.15, 0.2) is 59.8 Å². The molecule has 4 heterocycles. The molecule has 3 aromatic heterocycles. The first-order valence-electron chi connectivity index (χ1n) is 9.83. The van der Waals surface area contributed by atoms with Gasteiger partial charge < -0.3 is 14.5 Å². The van der Waals surface area contributed by atoms with Crippen LogP contribution in [0.3, 0.4) is 0 Å². The molecule has 3 aromatic rings. The third kappa shape index (κ3) is 4.49. The Hall–Kier alpha value is -3.26. The molecule has 0 aliphatic carbocycles. The van der Waals surface area contributed by atoms with Gasteiger partial charge in [0.1, 0.15) is 24.0 Å². The van der Waals surface area contributed by atoms with Crippen LogP contribution in [0.1, 0.15) is 12.1 Å². The molecule has 0 radical (unpaired) electrons. The van der Waals surface area contributed by atoms with Gasteiger partial charge in [0.2, 0.25) is 0 Å². The van der Waals surface area contributed by atoms with Gasteiger partial charge in [-0.15, -0.1) is 0 Å². The van der Waals surface area contributed by atoms with E-state index in [0.717, 1.165) is 31.5 Å². The van der Waals surface area contributed by atoms with Crippen molar-refractivity contribution in [1.29, 1.82) is 0 Å². The lowest BCUT2D eigenvalue weighted by atomic mass is 10.2. The van der Waals surface area contributed by atoms with Gasteiger partial charge >= 0.3 is 0 Å². The molecular formula is C22H24FN5O2. The monoisotopic (exact) mass is 409 g/mol. The second-order valence-electron chi connectivity index (χ2n) is 7.55. The Bertz CT molecular complexity index is 1050. The fourth-order valence-corrected chi connectivity index (χ4v) is 3.49. The summed E-state index contributed by atoms with van der Waals surface area (Å²) in [6.07, 6.45) is 5.62. The van der Waals surface area contributed by atoms with Gasteiger partial charge in [0.25, 0.3) is 5.56 Å². The number of pyridine rings is 3. The van der Waals surface area contributed by atoms with Crippen molar-refractivity contribution >= 4 is 5.82 Å². The number of ether oxygens (including phenoxy) is 1. The highest BCUT2D eigenvalue weighted by Gasteiger charge is 2.24. The molecule has 1 aliphatic heterocycles. The van der Waals surface area contributed by atoms with Gasteiger partial charge in [-0.05, 0) is 50.8 Å². The van der Waals surface area contributed by atoms with Crippen LogP contribution >= 0.6 is 0 Å². The maximum Gasteiger partial charge on any atom is 0.258 e. The average molecular weight is 409 g/mol. The first-order chi connectivity index (χ1) is 14.5. The molecule has 0 saturated carbocycles. The number of hydrogen-bond acceptors (Lipinski definition) is 6. The van der Waals surface area contributed by atoms with Gasteiger partial charge in [-0.1, -0.05) is 0 Å². The van der Waals surface area contributed by atoms with Crippen LogP contribution in [0.2, 0.25) is 0 Å². The number of likely N-dealkylation sites (N-methyl/N-ethyl adjacent to an activating group) is 1. The fraction of sp³-hybridized carbons (Fsp3) is 0.318. The van der Waals surface area contributed by atoms with Crippen LogP contribution in [0.4, 0.5) is 10.2 Å². The Labute approximate surface area is 174 Å². The molecule has 1 atom stereocenters. The van der Waals surface area contributed by atoms with Crippen molar-refractivity contribution in [3.05, 3.63) is 76.9 Å². The first-order valence-corrected chi connectivity index (χ1v) is 9.83. The van der Waals surface area contributed by atoms with Gasteiger partial charge in [0, 0.05) is 31.4 Å². The van der Waals surface area contributed by atoms with Crippen molar-refractivity contribution in [2.75, 3.05) is 32.1 Å². The zero-order chi connectivity index (χ0) is 21.1. The van der Waals surface area contributed by atoms with Gasteiger partial charge in [-0.25, -0.2) is 9.37 Å². The lowest BCUT2D eigenvalue weighted by Gasteiger charge is -2.21. The second kappa shape index (κ2) is 8.62. The van der Waals surface area contributed by atoms with E-state index in [-0.39, 0.29) is 12.2 Å². The summed E-state index contributed by atoms with van der Waals surface area (Å²) < 4.78 is 20.0. The largest absolute Gasteiger partial charge is 0.487 e. The van der Waals surface area contributed by atoms with E-state index in [4.69, 9.17) is 4.74 Å². The summed E-state index contributed by atoms with van der Waals surface area (Å²) in [5.41, 5.74) is 1.06. The Morgan fingerprint density at radius 3 is 2.67 bits per heavy atom. The number of anilines is 1. The molecule has 8 heteroatoms. The predicted octanol–water partition coefficient (Wildman–Crippen LogP) is 2.49. The van der Waals surface area contributed by atoms with Gasteiger partial charge in [0.15, 0.2) is 0 Å². The maximum atomic E-state index is 12.9. The zero-order valence-corrected chi connectivity index (χ0v) is 17.0. The minimum atomic E-state index is -0.400. The van der Waals surface area contributed by atoms with Crippen molar-refractivity contribution in [3.8, 4) is 11.4 Å². The Kier molecular flexibility index (Phi) is 5.76. The summed E-state index contributed by atoms with van der Waals surface area (Å²) in [5.74, 6) is 0.949. The van der Waals surface area contributed by atoms with E-state index in [1.807, 2.05) is 12.1 Å². The molecule has 1 saturated heterocycles. The molecule has 7 nitrogen and oxygen atoms in total. The molecule has 0 amide bonds. The van der Waals surface area contributed by atoms with E-state index in [1.165, 1.54) is 16.7 Å². The highest BCUT2D eigenvalue weighted by atomic mass is 19.1. The molecule has 1 fully saturated rings. The molecule has 156 valence electrons. The van der Waals surface area contributed by atoms with Crippen LogP contribution in [0, 0.1) is 5.82 Å². The smallest absolute Gasteiger partial charge is 0.258 e. The topological polar surface area (TPSA) is 63.5 Å². The quantitative estimate of drug-likeness (QED) is 0.623. The fourth-order valence-electron chi connectivity index (χ4n) is 3.49. The van der Waals surface area contributed by atoms with E-state index in [9.17, 15) is 9.18 Å². The minimum Gasteiger partial charge on any atom is -0.487 e. The highest BCUT2D eigenvalue weighted by molar-refractivity contribution is 5.44. The number of hydrogen-bond donors (Lipinski definition) is 0. The number of nitrogens with zero attached hydrogens (tertiary/aromatic N) is 5. The highest BCUT2D eigenvalue weighted by Crippen LogP contribution is 2.21. The first kappa shape index (κ1) is 20.0. The van der Waals surface area contributed by atoms with Crippen LogP contribution in [-0.2, 0) is 6.61 Å². The summed E-state index contributed by atoms with van der Waals surface area (Å²) in [6, 6.07) is 10.4. The SMILES string of the molecule is CN(C)C1CCN(c2ccc(-n3ccc(OCc4ccc(F)cn4)cc3=O)cn2)C1. The standard InChI is InChI=1S/C22H24FN5O2/c1-26(2)19-7-9-27(14-19)21-6-5-18(13-25-21)28-10-8-20(11-22(28)29)30-15-17-4-3-16(23)12-24-17/h3-6,8,10-13,19H,7,9,14-15H2,1-2H3. The van der Waals surface area contributed by atoms with Gasteiger partial charge in [0.05, 0.1) is 23.8 Å². The molecule has 0 N–H and O–H groups in total. The Balaban J connectivity index is 1.43. The Morgan fingerprint density at radius 1 is 1.17 bits per heavy atom. The van der Waals surface area contributed by atoms with Crippen LogP contribution in [-0.4, -0.2) is 52.7 Å². The Morgan fingerprint density at radius 2 is 2.03 bits per heavy atom. The summed E-state index contributed by atoms with van der Waals surface area (Å²) in [4.78, 5) is 25.5. The second-order valence-corrected chi connectivity index (χ2v) is 7.55. The maximum absolute atomic E-state index is 12.9. The van der Waals surface area contributed by atoms with Crippen molar-refractivity contribution in [1.82, 2.24) is 19.4 Å². The summed E-state index contributed by atoms with van der Waals surface area (Å²) >= 11 is 0. The van der Waals surface area contributed by atoms with Crippen molar-refractivity contribution in [2.45, 2.75) is 19.1 Å². The van der Waals surface area contributed by atoms with Crippen molar-refractivity contribution in [3.63, 3.8) is 0 Å². The molecule has 0 spiro atoms. The average Bonchev–Trinajstić information content (AvgIpc) is 3.24. The molecule has 0 aromatic carbocycles. The van der Waals surface area contributed by atoms with Crippen LogP contribution in [0.25, 0.3) is 5.69 Å². The van der Waals surface area contributed by atoms with Crippen LogP contribution < -0.4 is 15.2 Å². The van der Waals surface area contributed by atoms with Crippen molar-refractivity contribution in [2.24, 2.45) is 0 Å². The number of aromatic nitrogens is 3. The minimum absolute atomic E-state index is 0.157. The summed E-state index contributed by atoms with van der Waals surface area (Å²) in [6.45, 7) is 2.09. The third-order valence-corrected chi connectivity index (χ3v) is 5.29. The lowest BCUT2D eigenvalue weighted by Crippen LogP contribution is -2.31. The third-order valence-electron chi connectivity index (χ3n) is 5.29. The molecule has 4 rings (SSSR count). The van der Waals surface area contributed by atoms with Crippen LogP contribution in [0.5, 0.6) is 5.75 Å². The van der Waals surface area contributed by atoms with E-state index in [1.54, 1.807) is 24.5 Å². The van der Waals surface area contributed by atoms with E-state index in [2.05, 4.69) is 33.9 Å². The molecular weight excluding hydrogens is 385 g/mol. The van der Waals surface area contributed by atoms with E-state index in [0.29, 0.717) is 23.2 Å². The normalized spacial score (nSPS) is 16.3. The predicted molar refractivity (Wildman–Crippen MR) is 113 cm³/mol. The van der Waals surface area contributed by atoms with Gasteiger partial charge in [-0.3, -0.25) is 14.3 Å². The van der Waals surface area contributed by atoms with E-state index < -0.39 is 5.82 Å². The zero-order valence-electron chi connectivity index (χ0n) is 17.0. The summed E-state index contributed by atoms with van der Waals surface area (Å²) in [7, 11) is 4.20. The number of rotatable bonds is 6. The molecule has 1 unspecified atom stereocenters. The molecule has 30 heavy (non-hydrogen) atoms. The van der Waals surface area contributed by atoms with Crippen molar-refractivity contribution < 1.29 is 9.13 Å².